The van der Waals surface area contributed by atoms with Crippen LogP contribution in [0.5, 0.6) is 0 Å². The molecule has 1 aliphatic heterocycles. The molecule has 1 N–H and O–H groups in total. The Morgan fingerprint density at radius 3 is 2.88 bits per heavy atom. The normalized spacial score (nSPS) is 20.1. The van der Waals surface area contributed by atoms with Gasteiger partial charge < -0.3 is 10.2 Å². The van der Waals surface area contributed by atoms with Crippen LogP contribution in [-0.2, 0) is 0 Å². The summed E-state index contributed by atoms with van der Waals surface area (Å²) in [6.45, 7) is 9.74. The molecule has 0 unspecified atom stereocenters. The van der Waals surface area contributed by atoms with E-state index in [0.717, 1.165) is 31.1 Å². The lowest BCUT2D eigenvalue weighted by molar-refractivity contribution is 0.416. The molecule has 17 heavy (non-hydrogen) atoms. The van der Waals surface area contributed by atoms with E-state index in [4.69, 9.17) is 11.6 Å². The minimum absolute atomic E-state index is 0.142. The molecule has 1 aromatic rings. The van der Waals surface area contributed by atoms with Crippen LogP contribution in [-0.4, -0.2) is 25.2 Å². The molecule has 0 saturated carbocycles. The van der Waals surface area contributed by atoms with E-state index in [1.165, 1.54) is 11.3 Å². The van der Waals surface area contributed by atoms with Gasteiger partial charge in [-0.15, -0.1) is 0 Å². The Morgan fingerprint density at radius 1 is 1.35 bits per heavy atom. The lowest BCUT2D eigenvalue weighted by Gasteiger charge is -2.32. The van der Waals surface area contributed by atoms with Gasteiger partial charge in [0, 0.05) is 18.6 Å². The fourth-order valence-electron chi connectivity index (χ4n) is 2.38. The fourth-order valence-corrected chi connectivity index (χ4v) is 2.62. The quantitative estimate of drug-likeness (QED) is 0.826. The average Bonchev–Trinajstić information content (AvgIpc) is 2.43. The van der Waals surface area contributed by atoms with Crippen LogP contribution in [0.4, 0.5) is 5.69 Å². The molecular formula is C14H21ClN2. The second kappa shape index (κ2) is 4.87. The summed E-state index contributed by atoms with van der Waals surface area (Å²) in [4.78, 5) is 2.40. The Bertz CT molecular complexity index is 401. The highest BCUT2D eigenvalue weighted by Gasteiger charge is 2.25. The zero-order valence-electron chi connectivity index (χ0n) is 10.9. The summed E-state index contributed by atoms with van der Waals surface area (Å²) in [6, 6.07) is 6.24. The number of nitrogens with zero attached hydrogens (tertiary/aromatic N) is 1. The fraction of sp³-hybridized carbons (Fsp3) is 0.571. The Kier molecular flexibility index (Phi) is 3.64. The van der Waals surface area contributed by atoms with E-state index in [2.05, 4.69) is 43.1 Å². The van der Waals surface area contributed by atoms with E-state index in [-0.39, 0.29) is 5.54 Å². The SMILES string of the molecule is Cc1ccc(Cl)c(N2CCCNC(C)(C)C2)c1. The maximum absolute atomic E-state index is 6.31. The molecule has 0 spiro atoms. The van der Waals surface area contributed by atoms with Gasteiger partial charge >= 0.3 is 0 Å². The topological polar surface area (TPSA) is 15.3 Å². The first-order valence-electron chi connectivity index (χ1n) is 6.24. The molecule has 3 heteroatoms. The molecule has 1 heterocycles. The predicted octanol–water partition coefficient (Wildman–Crippen LogP) is 3.23. The van der Waals surface area contributed by atoms with E-state index in [1.54, 1.807) is 0 Å². The molecule has 1 saturated heterocycles. The van der Waals surface area contributed by atoms with Crippen molar-refractivity contribution in [3.63, 3.8) is 0 Å². The number of hydrogen-bond donors (Lipinski definition) is 1. The summed E-state index contributed by atoms with van der Waals surface area (Å²) in [5.41, 5.74) is 2.58. The lowest BCUT2D eigenvalue weighted by atomic mass is 10.1. The van der Waals surface area contributed by atoms with Crippen LogP contribution in [0.1, 0.15) is 25.8 Å². The number of anilines is 1. The molecule has 94 valence electrons. The number of halogens is 1. The maximum atomic E-state index is 6.31. The predicted molar refractivity (Wildman–Crippen MR) is 75.1 cm³/mol. The number of hydrogen-bond acceptors (Lipinski definition) is 2. The van der Waals surface area contributed by atoms with Gasteiger partial charge in [0.25, 0.3) is 0 Å². The van der Waals surface area contributed by atoms with E-state index >= 15 is 0 Å². The van der Waals surface area contributed by atoms with E-state index < -0.39 is 0 Å². The second-order valence-corrected chi connectivity index (χ2v) is 5.95. The van der Waals surface area contributed by atoms with Crippen molar-refractivity contribution in [3.8, 4) is 0 Å². The van der Waals surface area contributed by atoms with Gasteiger partial charge in [0.2, 0.25) is 0 Å². The van der Waals surface area contributed by atoms with Crippen LogP contribution in [0.25, 0.3) is 0 Å². The van der Waals surface area contributed by atoms with Gasteiger partial charge in [-0.1, -0.05) is 17.7 Å². The Hall–Kier alpha value is -0.730. The third-order valence-electron chi connectivity index (χ3n) is 3.24. The molecule has 0 atom stereocenters. The van der Waals surface area contributed by atoms with Crippen LogP contribution in [0.3, 0.4) is 0 Å². The van der Waals surface area contributed by atoms with Crippen LogP contribution >= 0.6 is 11.6 Å². The van der Waals surface area contributed by atoms with Gasteiger partial charge in [-0.25, -0.2) is 0 Å². The summed E-state index contributed by atoms with van der Waals surface area (Å²) in [5, 5.41) is 4.42. The van der Waals surface area contributed by atoms with Crippen molar-refractivity contribution in [3.05, 3.63) is 28.8 Å². The number of nitrogens with one attached hydrogen (secondary N) is 1. The Morgan fingerprint density at radius 2 is 2.12 bits per heavy atom. The standard InChI is InChI=1S/C14H21ClN2/c1-11-5-6-12(15)13(9-11)17-8-4-7-16-14(2,3)10-17/h5-6,9,16H,4,7-8,10H2,1-3H3. The van der Waals surface area contributed by atoms with Crippen LogP contribution in [0, 0.1) is 6.92 Å². The van der Waals surface area contributed by atoms with Crippen molar-refractivity contribution >= 4 is 17.3 Å². The highest BCUT2D eigenvalue weighted by molar-refractivity contribution is 6.33. The number of aryl methyl sites for hydroxylation is 1. The third-order valence-corrected chi connectivity index (χ3v) is 3.56. The molecule has 0 aromatic heterocycles. The molecule has 0 radical (unpaired) electrons. The van der Waals surface area contributed by atoms with Crippen molar-refractivity contribution in [1.82, 2.24) is 5.32 Å². The zero-order chi connectivity index (χ0) is 12.5. The van der Waals surface area contributed by atoms with Crippen molar-refractivity contribution in [2.45, 2.75) is 32.7 Å². The zero-order valence-corrected chi connectivity index (χ0v) is 11.6. The first-order valence-corrected chi connectivity index (χ1v) is 6.62. The van der Waals surface area contributed by atoms with Crippen LogP contribution in [0.15, 0.2) is 18.2 Å². The molecule has 0 bridgehead atoms. The Balaban J connectivity index is 2.28. The average molecular weight is 253 g/mol. The van der Waals surface area contributed by atoms with E-state index in [9.17, 15) is 0 Å². The molecule has 0 amide bonds. The van der Waals surface area contributed by atoms with Gasteiger partial charge in [0.05, 0.1) is 10.7 Å². The van der Waals surface area contributed by atoms with Crippen LogP contribution in [0.2, 0.25) is 5.02 Å². The van der Waals surface area contributed by atoms with Crippen molar-refractivity contribution < 1.29 is 0 Å². The van der Waals surface area contributed by atoms with Crippen molar-refractivity contribution in [2.24, 2.45) is 0 Å². The third kappa shape index (κ3) is 3.14. The minimum Gasteiger partial charge on any atom is -0.368 e. The van der Waals surface area contributed by atoms with Gasteiger partial charge in [-0.2, -0.15) is 0 Å². The summed E-state index contributed by atoms with van der Waals surface area (Å²) in [5.74, 6) is 0. The summed E-state index contributed by atoms with van der Waals surface area (Å²) >= 11 is 6.31. The van der Waals surface area contributed by atoms with Crippen molar-refractivity contribution in [1.29, 1.82) is 0 Å². The van der Waals surface area contributed by atoms with Gasteiger partial charge in [-0.05, 0) is 51.4 Å². The molecule has 1 aromatic carbocycles. The largest absolute Gasteiger partial charge is 0.368 e. The first-order chi connectivity index (χ1) is 7.98. The lowest BCUT2D eigenvalue weighted by Crippen LogP contribution is -2.46. The number of rotatable bonds is 1. The molecule has 1 aliphatic rings. The monoisotopic (exact) mass is 252 g/mol. The Labute approximate surface area is 109 Å². The van der Waals surface area contributed by atoms with Crippen molar-refractivity contribution in [2.75, 3.05) is 24.5 Å². The van der Waals surface area contributed by atoms with Gasteiger partial charge in [0.1, 0.15) is 0 Å². The van der Waals surface area contributed by atoms with Gasteiger partial charge in [0.15, 0.2) is 0 Å². The van der Waals surface area contributed by atoms with Gasteiger partial charge in [-0.3, -0.25) is 0 Å². The summed E-state index contributed by atoms with van der Waals surface area (Å²) in [6.07, 6.45) is 1.16. The maximum Gasteiger partial charge on any atom is 0.0639 e. The second-order valence-electron chi connectivity index (χ2n) is 5.54. The number of benzene rings is 1. The molecule has 2 nitrogen and oxygen atoms in total. The summed E-state index contributed by atoms with van der Waals surface area (Å²) in [7, 11) is 0. The highest BCUT2D eigenvalue weighted by Crippen LogP contribution is 2.29. The molecule has 2 rings (SSSR count). The molecule has 1 fully saturated rings. The molecular weight excluding hydrogens is 232 g/mol. The molecule has 0 aliphatic carbocycles. The first kappa shape index (κ1) is 12.7. The summed E-state index contributed by atoms with van der Waals surface area (Å²) < 4.78 is 0. The van der Waals surface area contributed by atoms with Crippen LogP contribution < -0.4 is 10.2 Å². The smallest absolute Gasteiger partial charge is 0.0639 e. The van der Waals surface area contributed by atoms with E-state index in [1.807, 2.05) is 6.07 Å². The van der Waals surface area contributed by atoms with E-state index in [0.29, 0.717) is 0 Å². The highest BCUT2D eigenvalue weighted by atomic mass is 35.5. The minimum atomic E-state index is 0.142.